The number of aromatic nitrogens is 1. The molecule has 12 heteroatoms. The summed E-state index contributed by atoms with van der Waals surface area (Å²) in [5.74, 6) is -2.60. The maximum absolute atomic E-state index is 14.0. The van der Waals surface area contributed by atoms with Gasteiger partial charge < -0.3 is 25.6 Å². The van der Waals surface area contributed by atoms with Gasteiger partial charge in [0, 0.05) is 32.7 Å². The Bertz CT molecular complexity index is 988. The van der Waals surface area contributed by atoms with Crippen molar-refractivity contribution in [2.75, 3.05) is 51.6 Å². The van der Waals surface area contributed by atoms with Crippen LogP contribution >= 0.6 is 11.5 Å². The van der Waals surface area contributed by atoms with Crippen LogP contribution in [0.15, 0.2) is 12.1 Å². The molecule has 1 aliphatic rings. The number of ether oxygens (including phenoxy) is 1. The molecule has 1 fully saturated rings. The lowest BCUT2D eigenvalue weighted by molar-refractivity contribution is 0.0996. The van der Waals surface area contributed by atoms with Crippen LogP contribution in [-0.4, -0.2) is 72.4 Å². The van der Waals surface area contributed by atoms with Crippen LogP contribution < -0.4 is 21.1 Å². The zero-order valence-electron chi connectivity index (χ0n) is 19.3. The van der Waals surface area contributed by atoms with Crippen molar-refractivity contribution in [3.8, 4) is 5.88 Å². The van der Waals surface area contributed by atoms with Gasteiger partial charge in [0.25, 0.3) is 5.91 Å². The first kappa shape index (κ1) is 25.8. The van der Waals surface area contributed by atoms with E-state index in [9.17, 15) is 18.4 Å². The molecule has 0 spiro atoms. The molecule has 2 aromatic rings. The lowest BCUT2D eigenvalue weighted by Crippen LogP contribution is -2.44. The van der Waals surface area contributed by atoms with Crippen molar-refractivity contribution >= 4 is 28.5 Å². The van der Waals surface area contributed by atoms with Crippen molar-refractivity contribution in [3.63, 3.8) is 0 Å². The van der Waals surface area contributed by atoms with Crippen LogP contribution in [0.5, 0.6) is 5.88 Å². The van der Waals surface area contributed by atoms with E-state index in [1.807, 2.05) is 0 Å². The third-order valence-electron chi connectivity index (χ3n) is 5.56. The topological polar surface area (TPSA) is 113 Å². The summed E-state index contributed by atoms with van der Waals surface area (Å²) in [6, 6.07) is 1.86. The van der Waals surface area contributed by atoms with E-state index in [1.54, 1.807) is 6.92 Å². The number of likely N-dealkylation sites (N-methyl/N-ethyl adjacent to an activating group) is 1. The number of unbranched alkanes of at least 4 members (excludes halogenated alkanes) is 1. The molecule has 1 saturated heterocycles. The highest BCUT2D eigenvalue weighted by Gasteiger charge is 2.23. The van der Waals surface area contributed by atoms with Crippen LogP contribution in [0.25, 0.3) is 0 Å². The van der Waals surface area contributed by atoms with Gasteiger partial charge in [-0.05, 0) is 62.6 Å². The fraction of sp³-hybridized carbons (Fsp3) is 0.500. The summed E-state index contributed by atoms with van der Waals surface area (Å²) in [6.45, 7) is 6.79. The molecule has 1 aliphatic heterocycles. The maximum Gasteiger partial charge on any atom is 0.319 e. The Morgan fingerprint density at radius 3 is 2.50 bits per heavy atom. The highest BCUT2D eigenvalue weighted by molar-refractivity contribution is 7.11. The number of benzene rings is 1. The van der Waals surface area contributed by atoms with Gasteiger partial charge in [0.1, 0.15) is 28.8 Å². The van der Waals surface area contributed by atoms with E-state index < -0.39 is 30.2 Å². The minimum absolute atomic E-state index is 0.0993. The second-order valence-corrected chi connectivity index (χ2v) is 9.06. The number of hydrogen-bond acceptors (Lipinski definition) is 7. The summed E-state index contributed by atoms with van der Waals surface area (Å²) >= 11 is 0.796. The number of primary amides is 1. The van der Waals surface area contributed by atoms with E-state index in [0.717, 1.165) is 57.1 Å². The van der Waals surface area contributed by atoms with Crippen molar-refractivity contribution in [3.05, 3.63) is 40.5 Å². The van der Waals surface area contributed by atoms with Crippen molar-refractivity contribution in [1.82, 2.24) is 19.5 Å². The first-order valence-electron chi connectivity index (χ1n) is 11.1. The highest BCUT2D eigenvalue weighted by atomic mass is 32.1. The number of urea groups is 1. The predicted octanol–water partition coefficient (Wildman–Crippen LogP) is 2.56. The smallest absolute Gasteiger partial charge is 0.319 e. The zero-order chi connectivity index (χ0) is 24.7. The van der Waals surface area contributed by atoms with Gasteiger partial charge in [0.15, 0.2) is 0 Å². The second kappa shape index (κ2) is 12.0. The van der Waals surface area contributed by atoms with Gasteiger partial charge in [-0.25, -0.2) is 13.6 Å². The monoisotopic (exact) mass is 496 g/mol. The Hall–Kier alpha value is -2.83. The normalized spacial score (nSPS) is 14.7. The fourth-order valence-corrected chi connectivity index (χ4v) is 4.30. The van der Waals surface area contributed by atoms with E-state index in [2.05, 4.69) is 31.9 Å². The van der Waals surface area contributed by atoms with E-state index in [-0.39, 0.29) is 22.0 Å². The first-order valence-corrected chi connectivity index (χ1v) is 11.8. The molecule has 1 aromatic carbocycles. The Kier molecular flexibility index (Phi) is 9.13. The molecule has 2 heterocycles. The standard InChI is InChI=1S/C22H30F2N6O3S/c1-14-11-16(23)15(17(24)12-14)13-33-20-18(19(25)31)21(34-28-20)27-22(32)26-5-3-4-6-30-9-7-29(2)8-10-30/h11-12H,3-10,13H2,1-2H3,(H2,25,31)(H2,26,27,32). The van der Waals surface area contributed by atoms with Crippen LogP contribution in [0.1, 0.15) is 34.3 Å². The molecule has 9 nitrogen and oxygen atoms in total. The average Bonchev–Trinajstić information content (AvgIpc) is 3.16. The molecule has 4 N–H and O–H groups in total. The summed E-state index contributed by atoms with van der Waals surface area (Å²) in [4.78, 5) is 28.9. The van der Waals surface area contributed by atoms with Crippen LogP contribution in [0.4, 0.5) is 18.6 Å². The van der Waals surface area contributed by atoms with Crippen molar-refractivity contribution < 1.29 is 23.1 Å². The number of piperazine rings is 1. The summed E-state index contributed by atoms with van der Waals surface area (Å²) in [5.41, 5.74) is 5.41. The van der Waals surface area contributed by atoms with Crippen LogP contribution in [0.3, 0.4) is 0 Å². The van der Waals surface area contributed by atoms with Crippen LogP contribution in [0.2, 0.25) is 0 Å². The Labute approximate surface area is 201 Å². The number of hydrogen-bond donors (Lipinski definition) is 3. The number of amides is 3. The number of carbonyl (C=O) groups excluding carboxylic acids is 2. The van der Waals surface area contributed by atoms with Gasteiger partial charge in [-0.1, -0.05) is 0 Å². The molecule has 186 valence electrons. The average molecular weight is 497 g/mol. The minimum Gasteiger partial charge on any atom is -0.471 e. The second-order valence-electron chi connectivity index (χ2n) is 8.28. The summed E-state index contributed by atoms with van der Waals surface area (Å²) < 4.78 is 37.4. The third kappa shape index (κ3) is 7.08. The van der Waals surface area contributed by atoms with Gasteiger partial charge in [-0.15, -0.1) is 0 Å². The van der Waals surface area contributed by atoms with E-state index in [4.69, 9.17) is 10.5 Å². The molecular weight excluding hydrogens is 466 g/mol. The van der Waals surface area contributed by atoms with Gasteiger partial charge in [-0.2, -0.15) is 4.37 Å². The molecule has 0 radical (unpaired) electrons. The molecule has 34 heavy (non-hydrogen) atoms. The lowest BCUT2D eigenvalue weighted by Gasteiger charge is -2.32. The zero-order valence-corrected chi connectivity index (χ0v) is 20.1. The number of nitrogens with two attached hydrogens (primary N) is 1. The largest absolute Gasteiger partial charge is 0.471 e. The number of anilines is 1. The molecule has 1 aromatic heterocycles. The van der Waals surface area contributed by atoms with E-state index >= 15 is 0 Å². The third-order valence-corrected chi connectivity index (χ3v) is 6.30. The van der Waals surface area contributed by atoms with Gasteiger partial charge in [0.2, 0.25) is 5.88 Å². The van der Waals surface area contributed by atoms with Crippen molar-refractivity contribution in [1.29, 1.82) is 0 Å². The van der Waals surface area contributed by atoms with Gasteiger partial charge in [-0.3, -0.25) is 10.1 Å². The van der Waals surface area contributed by atoms with Crippen LogP contribution in [0, 0.1) is 18.6 Å². The molecule has 3 amide bonds. The Morgan fingerprint density at radius 2 is 1.85 bits per heavy atom. The number of aryl methyl sites for hydroxylation is 1. The number of rotatable bonds is 10. The maximum atomic E-state index is 14.0. The molecule has 3 rings (SSSR count). The molecule has 0 aliphatic carbocycles. The SMILES string of the molecule is Cc1cc(F)c(COc2nsc(NC(=O)NCCCCN3CCN(C)CC3)c2C(N)=O)c(F)c1. The van der Waals surface area contributed by atoms with E-state index in [1.165, 1.54) is 12.1 Å². The molecular formula is C22H30F2N6O3S. The first-order chi connectivity index (χ1) is 16.2. The predicted molar refractivity (Wildman–Crippen MR) is 126 cm³/mol. The quantitative estimate of drug-likeness (QED) is 0.436. The molecule has 0 unspecified atom stereocenters. The van der Waals surface area contributed by atoms with Gasteiger partial charge in [0.05, 0.1) is 5.56 Å². The minimum atomic E-state index is -0.879. The number of nitrogens with zero attached hydrogens (tertiary/aromatic N) is 3. The Balaban J connectivity index is 1.48. The number of nitrogens with one attached hydrogen (secondary N) is 2. The van der Waals surface area contributed by atoms with Gasteiger partial charge >= 0.3 is 6.03 Å². The fourth-order valence-electron chi connectivity index (χ4n) is 3.57. The summed E-state index contributed by atoms with van der Waals surface area (Å²) in [5, 5.41) is 5.39. The number of carbonyl (C=O) groups is 2. The van der Waals surface area contributed by atoms with Crippen LogP contribution in [-0.2, 0) is 6.61 Å². The van der Waals surface area contributed by atoms with Crippen molar-refractivity contribution in [2.45, 2.75) is 26.4 Å². The van der Waals surface area contributed by atoms with Crippen molar-refractivity contribution in [2.24, 2.45) is 5.73 Å². The number of halogens is 2. The van der Waals surface area contributed by atoms with E-state index in [0.29, 0.717) is 12.1 Å². The lowest BCUT2D eigenvalue weighted by atomic mass is 10.1. The Morgan fingerprint density at radius 1 is 1.18 bits per heavy atom. The highest BCUT2D eigenvalue weighted by Crippen LogP contribution is 2.31. The molecule has 0 saturated carbocycles. The summed E-state index contributed by atoms with van der Waals surface area (Å²) in [6.07, 6.45) is 1.77. The molecule has 0 bridgehead atoms. The summed E-state index contributed by atoms with van der Waals surface area (Å²) in [7, 11) is 2.12. The molecule has 0 atom stereocenters.